The minimum absolute atomic E-state index is 0.743. The molecule has 0 aromatic rings. The summed E-state index contributed by atoms with van der Waals surface area (Å²) in [6.07, 6.45) is 4.03. The Morgan fingerprint density at radius 3 is 1.00 bits per heavy atom. The molecule has 8 heteroatoms. The molecule has 0 aromatic carbocycles. The van der Waals surface area contributed by atoms with Gasteiger partial charge in [0, 0.05) is 20.8 Å². The minimum Gasteiger partial charge on any atom is -0.325 e. The lowest BCUT2D eigenvalue weighted by molar-refractivity contribution is 0.261. The summed E-state index contributed by atoms with van der Waals surface area (Å²) in [7, 11) is 1.45. The quantitative estimate of drug-likeness (QED) is 0.243. The topological polar surface area (TPSA) is 36.9 Å². The smallest absolute Gasteiger partial charge is 0.249 e. The van der Waals surface area contributed by atoms with E-state index in [4.69, 9.17) is 18.1 Å². The summed E-state index contributed by atoms with van der Waals surface area (Å²) in [5, 5.41) is 0. The predicted octanol–water partition coefficient (Wildman–Crippen LogP) is 6.53. The molecule has 0 radical (unpaired) electrons. The molecule has 0 atom stereocenters. The highest BCUT2D eigenvalue weighted by atomic mass is 33.5. The van der Waals surface area contributed by atoms with Crippen molar-refractivity contribution in [3.05, 3.63) is 0 Å². The summed E-state index contributed by atoms with van der Waals surface area (Å²) in [6.45, 7) is 11.4. The van der Waals surface area contributed by atoms with E-state index >= 15 is 0 Å². The maximum atomic E-state index is 5.74. The second-order valence-electron chi connectivity index (χ2n) is 3.93. The molecule has 0 aromatic heterocycles. The van der Waals surface area contributed by atoms with E-state index in [1.54, 1.807) is 20.8 Å². The van der Waals surface area contributed by atoms with Crippen molar-refractivity contribution in [3.63, 3.8) is 0 Å². The molecule has 0 bridgehead atoms. The lowest BCUT2D eigenvalue weighted by Crippen LogP contribution is -1.92. The van der Waals surface area contributed by atoms with Crippen molar-refractivity contribution in [2.24, 2.45) is 0 Å². The van der Waals surface area contributed by atoms with Crippen molar-refractivity contribution in [2.75, 3.05) is 26.4 Å². The predicted molar refractivity (Wildman–Crippen MR) is 94.0 cm³/mol. The van der Waals surface area contributed by atoms with Crippen LogP contribution in [0, 0.1) is 0 Å². The van der Waals surface area contributed by atoms with Crippen LogP contribution in [-0.2, 0) is 18.1 Å². The van der Waals surface area contributed by atoms with E-state index in [0.717, 1.165) is 52.1 Å². The fourth-order valence-electron chi connectivity index (χ4n) is 0.878. The zero-order chi connectivity index (χ0) is 15.1. The maximum absolute atomic E-state index is 5.74. The molecule has 0 saturated carbocycles. The Morgan fingerprint density at radius 1 is 0.550 bits per heavy atom. The first-order valence-electron chi connectivity index (χ1n) is 7.25. The molecule has 0 aliphatic rings. The van der Waals surface area contributed by atoms with Crippen LogP contribution in [0.25, 0.3) is 0 Å². The molecule has 0 aliphatic carbocycles. The number of hydrogen-bond donors (Lipinski definition) is 0. The molecule has 0 saturated heterocycles. The Morgan fingerprint density at radius 2 is 0.800 bits per heavy atom. The van der Waals surface area contributed by atoms with Gasteiger partial charge in [0.1, 0.15) is 0 Å². The summed E-state index contributed by atoms with van der Waals surface area (Å²) < 4.78 is 22.9. The highest BCUT2D eigenvalue weighted by molar-refractivity contribution is 9.11. The Bertz CT molecular complexity index is 168. The van der Waals surface area contributed by atoms with Crippen LogP contribution in [0.4, 0.5) is 0 Å². The van der Waals surface area contributed by atoms with Gasteiger partial charge in [0.15, 0.2) is 0 Å². The molecular formula is C12H28O4P2S2. The Hall–Kier alpha value is 1.40. The van der Waals surface area contributed by atoms with Crippen LogP contribution in [0.1, 0.15) is 53.4 Å². The summed E-state index contributed by atoms with van der Waals surface area (Å²) in [5.41, 5.74) is 0. The van der Waals surface area contributed by atoms with Gasteiger partial charge in [-0.1, -0.05) is 27.7 Å². The van der Waals surface area contributed by atoms with Crippen LogP contribution in [0.15, 0.2) is 0 Å². The second kappa shape index (κ2) is 16.8. The molecule has 0 spiro atoms. The monoisotopic (exact) mass is 362 g/mol. The fourth-order valence-corrected chi connectivity index (χ4v) is 9.84. The summed E-state index contributed by atoms with van der Waals surface area (Å²) in [4.78, 5) is 0. The minimum atomic E-state index is -0.899. The average molecular weight is 362 g/mol. The first-order valence-corrected chi connectivity index (χ1v) is 13.0. The Kier molecular flexibility index (Phi) is 17.9. The maximum Gasteiger partial charge on any atom is 0.249 e. The number of hydrogen-bond acceptors (Lipinski definition) is 6. The molecular weight excluding hydrogens is 334 g/mol. The van der Waals surface area contributed by atoms with Gasteiger partial charge < -0.3 is 18.1 Å². The second-order valence-corrected chi connectivity index (χ2v) is 11.5. The van der Waals surface area contributed by atoms with Crippen LogP contribution in [0.2, 0.25) is 0 Å². The van der Waals surface area contributed by atoms with Crippen LogP contribution in [0.5, 0.6) is 0 Å². The van der Waals surface area contributed by atoms with Crippen LogP contribution in [0.3, 0.4) is 0 Å². The third-order valence-electron chi connectivity index (χ3n) is 1.76. The Labute approximate surface area is 134 Å². The van der Waals surface area contributed by atoms with Crippen molar-refractivity contribution in [1.29, 1.82) is 0 Å². The Balaban J connectivity index is 4.05. The van der Waals surface area contributed by atoms with Crippen molar-refractivity contribution < 1.29 is 18.1 Å². The molecule has 0 amide bonds. The lowest BCUT2D eigenvalue weighted by atomic mass is 10.5. The van der Waals surface area contributed by atoms with Gasteiger partial charge in [-0.15, -0.1) is 0 Å². The van der Waals surface area contributed by atoms with Gasteiger partial charge in [-0.05, 0) is 25.7 Å². The third kappa shape index (κ3) is 13.1. The van der Waals surface area contributed by atoms with E-state index in [-0.39, 0.29) is 0 Å². The van der Waals surface area contributed by atoms with Crippen LogP contribution >= 0.6 is 36.0 Å². The molecule has 20 heavy (non-hydrogen) atoms. The third-order valence-corrected chi connectivity index (χ3v) is 10.4. The average Bonchev–Trinajstić information content (AvgIpc) is 2.48. The molecule has 4 nitrogen and oxygen atoms in total. The molecule has 0 unspecified atom stereocenters. The summed E-state index contributed by atoms with van der Waals surface area (Å²) >= 11 is 0. The van der Waals surface area contributed by atoms with Crippen molar-refractivity contribution >= 4 is 36.0 Å². The fraction of sp³-hybridized carbons (Fsp3) is 1.00. The van der Waals surface area contributed by atoms with Gasteiger partial charge >= 0.3 is 0 Å². The first-order chi connectivity index (χ1) is 9.78. The van der Waals surface area contributed by atoms with E-state index in [9.17, 15) is 0 Å². The van der Waals surface area contributed by atoms with Crippen LogP contribution < -0.4 is 0 Å². The highest BCUT2D eigenvalue weighted by Crippen LogP contribution is 2.69. The number of rotatable bonds is 15. The molecule has 122 valence electrons. The van der Waals surface area contributed by atoms with Gasteiger partial charge in [-0.25, -0.2) is 0 Å². The van der Waals surface area contributed by atoms with Crippen molar-refractivity contribution in [3.8, 4) is 0 Å². The van der Waals surface area contributed by atoms with E-state index in [1.165, 1.54) is 0 Å². The molecule has 0 aliphatic heterocycles. The normalized spacial score (nSPS) is 11.7. The zero-order valence-corrected chi connectivity index (χ0v) is 16.4. The standard InChI is InChI=1S/C12H28O4P2S2/c1-5-9-13-17(14-10-6-2)19-20-18(15-11-7-3)16-12-8-4/h5-12H2,1-4H3. The molecule has 0 rings (SSSR count). The van der Waals surface area contributed by atoms with Crippen LogP contribution in [-0.4, -0.2) is 26.4 Å². The summed E-state index contributed by atoms with van der Waals surface area (Å²) in [5.74, 6) is 0. The summed E-state index contributed by atoms with van der Waals surface area (Å²) in [6, 6.07) is 0. The van der Waals surface area contributed by atoms with E-state index < -0.39 is 15.2 Å². The van der Waals surface area contributed by atoms with Gasteiger partial charge in [-0.2, -0.15) is 0 Å². The molecule has 0 fully saturated rings. The van der Waals surface area contributed by atoms with E-state index in [2.05, 4.69) is 27.7 Å². The lowest BCUT2D eigenvalue weighted by Gasteiger charge is -2.19. The van der Waals surface area contributed by atoms with E-state index in [1.807, 2.05) is 0 Å². The SMILES string of the molecule is CCCOP(OCCC)SSP(OCCC)OCCC. The van der Waals surface area contributed by atoms with Gasteiger partial charge in [-0.3, -0.25) is 0 Å². The van der Waals surface area contributed by atoms with Gasteiger partial charge in [0.05, 0.1) is 26.4 Å². The molecule has 0 heterocycles. The van der Waals surface area contributed by atoms with Gasteiger partial charge in [0.25, 0.3) is 0 Å². The molecule has 0 N–H and O–H groups in total. The zero-order valence-electron chi connectivity index (χ0n) is 13.0. The first kappa shape index (κ1) is 21.4. The van der Waals surface area contributed by atoms with Crippen molar-refractivity contribution in [2.45, 2.75) is 53.4 Å². The van der Waals surface area contributed by atoms with E-state index in [0.29, 0.717) is 0 Å². The highest BCUT2D eigenvalue weighted by Gasteiger charge is 2.19. The largest absolute Gasteiger partial charge is 0.325 e. The van der Waals surface area contributed by atoms with Crippen molar-refractivity contribution in [1.82, 2.24) is 0 Å². The van der Waals surface area contributed by atoms with Gasteiger partial charge in [0.2, 0.25) is 15.2 Å².